The van der Waals surface area contributed by atoms with Crippen molar-refractivity contribution in [2.24, 2.45) is 0 Å². The molecule has 0 saturated carbocycles. The van der Waals surface area contributed by atoms with Gasteiger partial charge in [-0.25, -0.2) is 18.2 Å². The van der Waals surface area contributed by atoms with E-state index in [-0.39, 0.29) is 16.7 Å². The van der Waals surface area contributed by atoms with Gasteiger partial charge >= 0.3 is 0 Å². The van der Waals surface area contributed by atoms with Crippen molar-refractivity contribution < 1.29 is 12.8 Å². The minimum Gasteiger partial charge on any atom is -0.250 e. The molecule has 94 valence electrons. The number of nitrogens with zero attached hydrogens (tertiary/aromatic N) is 1. The van der Waals surface area contributed by atoms with Gasteiger partial charge in [0.2, 0.25) is 0 Å². The van der Waals surface area contributed by atoms with E-state index in [0.29, 0.717) is 12.0 Å². The summed E-state index contributed by atoms with van der Waals surface area (Å²) < 4.78 is 36.9. The number of hydrogen-bond donors (Lipinski definition) is 1. The smallest absolute Gasteiger partial charge is 0.178 e. The average molecular weight is 258 g/mol. The van der Waals surface area contributed by atoms with E-state index in [9.17, 15) is 12.8 Å². The van der Waals surface area contributed by atoms with Crippen molar-refractivity contribution in [2.75, 3.05) is 19.8 Å². The summed E-state index contributed by atoms with van der Waals surface area (Å²) in [4.78, 5) is 0.240. The quantitative estimate of drug-likeness (QED) is 0.638. The Morgan fingerprint density at radius 3 is 2.76 bits per heavy atom. The molecule has 0 fully saturated rings. The summed E-state index contributed by atoms with van der Waals surface area (Å²) in [5.74, 6) is -0.316. The van der Waals surface area contributed by atoms with Gasteiger partial charge in [0, 0.05) is 20.1 Å². The van der Waals surface area contributed by atoms with Crippen LogP contribution in [0.2, 0.25) is 0 Å². The first kappa shape index (κ1) is 12.5. The van der Waals surface area contributed by atoms with Crippen LogP contribution < -0.4 is 5.43 Å². The molecule has 0 spiro atoms. The first-order valence-electron chi connectivity index (χ1n) is 5.36. The molecule has 0 saturated heterocycles. The number of halogens is 1. The van der Waals surface area contributed by atoms with Crippen molar-refractivity contribution in [1.29, 1.82) is 0 Å². The summed E-state index contributed by atoms with van der Waals surface area (Å²) in [7, 11) is 0.390. The third-order valence-corrected chi connectivity index (χ3v) is 4.59. The standard InChI is InChI=1S/C11H15FN2O2S/c1-14(2)13-10-5-6-17(15,16)11-4-3-8(12)7-9(10)11/h3-4,7,10,13H,5-6H2,1-2H3. The summed E-state index contributed by atoms with van der Waals surface area (Å²) in [6.45, 7) is 0. The molecule has 1 heterocycles. The zero-order chi connectivity index (χ0) is 12.6. The lowest BCUT2D eigenvalue weighted by Gasteiger charge is -2.28. The van der Waals surface area contributed by atoms with E-state index in [1.54, 1.807) is 5.01 Å². The third-order valence-electron chi connectivity index (χ3n) is 2.77. The van der Waals surface area contributed by atoms with E-state index >= 15 is 0 Å². The monoisotopic (exact) mass is 258 g/mol. The number of rotatable bonds is 2. The molecule has 0 radical (unpaired) electrons. The number of nitrogens with one attached hydrogen (secondary N) is 1. The average Bonchev–Trinajstić information content (AvgIpc) is 2.22. The molecule has 2 rings (SSSR count). The van der Waals surface area contributed by atoms with Gasteiger partial charge in [-0.1, -0.05) is 0 Å². The highest BCUT2D eigenvalue weighted by molar-refractivity contribution is 7.91. The van der Waals surface area contributed by atoms with Crippen molar-refractivity contribution in [3.05, 3.63) is 29.6 Å². The van der Waals surface area contributed by atoms with E-state index in [1.165, 1.54) is 18.2 Å². The molecule has 1 unspecified atom stereocenters. The Bertz CT molecular complexity index is 528. The Labute approximate surface area is 100 Å². The van der Waals surface area contributed by atoms with Crippen LogP contribution in [0.4, 0.5) is 4.39 Å². The number of hydrazine groups is 1. The second-order valence-corrected chi connectivity index (χ2v) is 6.44. The van der Waals surface area contributed by atoms with Gasteiger partial charge in [-0.15, -0.1) is 0 Å². The highest BCUT2D eigenvalue weighted by atomic mass is 32.2. The molecular weight excluding hydrogens is 243 g/mol. The van der Waals surface area contributed by atoms with E-state index in [2.05, 4.69) is 5.43 Å². The van der Waals surface area contributed by atoms with Crippen molar-refractivity contribution in [3.8, 4) is 0 Å². The maximum Gasteiger partial charge on any atom is 0.178 e. The second-order valence-electron chi connectivity index (χ2n) is 4.37. The van der Waals surface area contributed by atoms with Gasteiger partial charge in [0.15, 0.2) is 9.84 Å². The van der Waals surface area contributed by atoms with Gasteiger partial charge in [-0.05, 0) is 30.2 Å². The van der Waals surface area contributed by atoms with Gasteiger partial charge in [0.1, 0.15) is 5.82 Å². The highest BCUT2D eigenvalue weighted by Gasteiger charge is 2.30. The molecule has 4 nitrogen and oxygen atoms in total. The van der Waals surface area contributed by atoms with Gasteiger partial charge in [0.05, 0.1) is 10.6 Å². The molecule has 17 heavy (non-hydrogen) atoms. The number of sulfone groups is 1. The Kier molecular flexibility index (Phi) is 3.20. The Hall–Kier alpha value is -0.980. The molecule has 0 aromatic heterocycles. The minimum absolute atomic E-state index is 0.0944. The molecule has 1 aromatic rings. The molecule has 0 bridgehead atoms. The summed E-state index contributed by atoms with van der Waals surface area (Å²) in [5.41, 5.74) is 3.62. The van der Waals surface area contributed by atoms with Crippen LogP contribution in [0.5, 0.6) is 0 Å². The highest BCUT2D eigenvalue weighted by Crippen LogP contribution is 2.32. The third kappa shape index (κ3) is 2.48. The summed E-state index contributed by atoms with van der Waals surface area (Å²) >= 11 is 0. The zero-order valence-corrected chi connectivity index (χ0v) is 10.6. The summed E-state index contributed by atoms with van der Waals surface area (Å²) in [6, 6.07) is 3.68. The normalized spacial score (nSPS) is 22.5. The van der Waals surface area contributed by atoms with Crippen molar-refractivity contribution in [2.45, 2.75) is 17.4 Å². The van der Waals surface area contributed by atoms with Crippen LogP contribution in [0.1, 0.15) is 18.0 Å². The molecule has 6 heteroatoms. The van der Waals surface area contributed by atoms with Crippen LogP contribution in [0.25, 0.3) is 0 Å². The lowest BCUT2D eigenvalue weighted by Crippen LogP contribution is -2.38. The van der Waals surface area contributed by atoms with Crippen molar-refractivity contribution in [3.63, 3.8) is 0 Å². The van der Waals surface area contributed by atoms with Crippen LogP contribution in [-0.2, 0) is 9.84 Å². The van der Waals surface area contributed by atoms with Crippen LogP contribution in [0.15, 0.2) is 23.1 Å². The Morgan fingerprint density at radius 1 is 1.41 bits per heavy atom. The first-order chi connectivity index (χ1) is 7.90. The fraction of sp³-hybridized carbons (Fsp3) is 0.455. The molecule has 0 aliphatic carbocycles. The fourth-order valence-corrected chi connectivity index (χ4v) is 3.66. The molecule has 1 aliphatic heterocycles. The molecule has 0 amide bonds. The molecular formula is C11H15FN2O2S. The summed E-state index contributed by atoms with van der Waals surface area (Å²) in [5, 5.41) is 1.75. The molecule has 1 aliphatic rings. The fourth-order valence-electron chi connectivity index (χ4n) is 2.06. The lowest BCUT2D eigenvalue weighted by molar-refractivity contribution is 0.235. The minimum atomic E-state index is -3.25. The van der Waals surface area contributed by atoms with E-state index in [0.717, 1.165) is 0 Å². The number of benzene rings is 1. The van der Waals surface area contributed by atoms with E-state index < -0.39 is 15.7 Å². The lowest BCUT2D eigenvalue weighted by atomic mass is 10.0. The first-order valence-corrected chi connectivity index (χ1v) is 7.01. The van der Waals surface area contributed by atoms with Crippen molar-refractivity contribution >= 4 is 9.84 Å². The molecule has 1 aromatic carbocycles. The van der Waals surface area contributed by atoms with Crippen LogP contribution >= 0.6 is 0 Å². The van der Waals surface area contributed by atoms with Crippen LogP contribution in [-0.4, -0.2) is 33.3 Å². The summed E-state index contributed by atoms with van der Waals surface area (Å²) in [6.07, 6.45) is 0.455. The zero-order valence-electron chi connectivity index (χ0n) is 9.77. The Balaban J connectivity index is 2.49. The molecule has 1 atom stereocenters. The topological polar surface area (TPSA) is 49.4 Å². The maximum absolute atomic E-state index is 13.2. The van der Waals surface area contributed by atoms with Gasteiger partial charge < -0.3 is 0 Å². The predicted molar refractivity (Wildman–Crippen MR) is 62.6 cm³/mol. The predicted octanol–water partition coefficient (Wildman–Crippen LogP) is 1.11. The molecule has 1 N–H and O–H groups in total. The van der Waals surface area contributed by atoms with Gasteiger partial charge in [0.25, 0.3) is 0 Å². The van der Waals surface area contributed by atoms with E-state index in [1.807, 2.05) is 14.1 Å². The van der Waals surface area contributed by atoms with Crippen molar-refractivity contribution in [1.82, 2.24) is 10.4 Å². The SMILES string of the molecule is CN(C)NC1CCS(=O)(=O)c2ccc(F)cc21. The largest absolute Gasteiger partial charge is 0.250 e. The number of fused-ring (bicyclic) bond motifs is 1. The van der Waals surface area contributed by atoms with Crippen LogP contribution in [0, 0.1) is 5.82 Å². The maximum atomic E-state index is 13.2. The van der Waals surface area contributed by atoms with E-state index in [4.69, 9.17) is 0 Å². The van der Waals surface area contributed by atoms with Crippen LogP contribution in [0.3, 0.4) is 0 Å². The number of hydrogen-bond acceptors (Lipinski definition) is 4. The van der Waals surface area contributed by atoms with Gasteiger partial charge in [-0.2, -0.15) is 0 Å². The Morgan fingerprint density at radius 2 is 2.12 bits per heavy atom. The second kappa shape index (κ2) is 4.36. The van der Waals surface area contributed by atoms with Gasteiger partial charge in [-0.3, -0.25) is 5.01 Å².